The number of nitrogens with zero attached hydrogens (tertiary/aromatic N) is 1. The second kappa shape index (κ2) is 9.26. The average Bonchev–Trinajstić information content (AvgIpc) is 2.37. The molecule has 7 nitrogen and oxygen atoms in total. The molecule has 0 N–H and O–H groups in total. The van der Waals surface area contributed by atoms with Gasteiger partial charge >= 0.3 is 18.0 Å². The Labute approximate surface area is 106 Å². The molecule has 0 atom stereocenters. The van der Waals surface area contributed by atoms with Crippen molar-refractivity contribution in [2.24, 2.45) is 0 Å². The first kappa shape index (κ1) is 16.2. The molecule has 0 bridgehead atoms. The summed E-state index contributed by atoms with van der Waals surface area (Å²) in [7, 11) is 2.54. The maximum atomic E-state index is 11.5. The Hall–Kier alpha value is -1.79. The van der Waals surface area contributed by atoms with E-state index in [0.717, 1.165) is 0 Å². The minimum atomic E-state index is -0.565. The van der Waals surface area contributed by atoms with E-state index >= 15 is 0 Å². The van der Waals surface area contributed by atoms with Gasteiger partial charge in [0, 0.05) is 13.1 Å². The molecule has 7 heteroatoms. The third-order valence-corrected chi connectivity index (χ3v) is 2.15. The molecule has 0 aliphatic rings. The number of methoxy groups -OCH3 is 2. The van der Waals surface area contributed by atoms with E-state index in [1.807, 2.05) is 0 Å². The SMILES string of the molecule is CCOC(=O)N(CCC(=O)OC)CCC(=O)OC. The summed E-state index contributed by atoms with van der Waals surface area (Å²) in [5.74, 6) is -0.857. The molecule has 0 aromatic heterocycles. The average molecular weight is 261 g/mol. The van der Waals surface area contributed by atoms with Crippen molar-refractivity contribution >= 4 is 18.0 Å². The van der Waals surface area contributed by atoms with Crippen LogP contribution in [0.15, 0.2) is 0 Å². The van der Waals surface area contributed by atoms with Gasteiger partial charge in [-0.15, -0.1) is 0 Å². The lowest BCUT2D eigenvalue weighted by Crippen LogP contribution is -2.35. The summed E-state index contributed by atoms with van der Waals surface area (Å²) in [6.45, 7) is 2.19. The zero-order valence-electron chi connectivity index (χ0n) is 10.9. The predicted molar refractivity (Wildman–Crippen MR) is 61.9 cm³/mol. The van der Waals surface area contributed by atoms with Crippen molar-refractivity contribution in [3.63, 3.8) is 0 Å². The first-order chi connectivity index (χ1) is 8.54. The molecular weight excluding hydrogens is 242 g/mol. The Morgan fingerprint density at radius 3 is 1.72 bits per heavy atom. The second-order valence-corrected chi connectivity index (χ2v) is 3.34. The van der Waals surface area contributed by atoms with Gasteiger partial charge in [0.15, 0.2) is 0 Å². The van der Waals surface area contributed by atoms with Crippen LogP contribution in [0.25, 0.3) is 0 Å². The maximum Gasteiger partial charge on any atom is 0.409 e. The molecule has 0 unspecified atom stereocenters. The zero-order chi connectivity index (χ0) is 14.0. The van der Waals surface area contributed by atoms with E-state index in [4.69, 9.17) is 4.74 Å². The normalized spacial score (nSPS) is 9.50. The second-order valence-electron chi connectivity index (χ2n) is 3.34. The lowest BCUT2D eigenvalue weighted by molar-refractivity contribution is -0.140. The Bertz CT molecular complexity index is 271. The first-order valence-corrected chi connectivity index (χ1v) is 5.60. The van der Waals surface area contributed by atoms with Crippen LogP contribution in [0.3, 0.4) is 0 Å². The summed E-state index contributed by atoms with van der Waals surface area (Å²) >= 11 is 0. The Morgan fingerprint density at radius 2 is 1.39 bits per heavy atom. The van der Waals surface area contributed by atoms with E-state index in [9.17, 15) is 14.4 Å². The van der Waals surface area contributed by atoms with E-state index in [-0.39, 0.29) is 32.5 Å². The van der Waals surface area contributed by atoms with Crippen molar-refractivity contribution < 1.29 is 28.6 Å². The van der Waals surface area contributed by atoms with Gasteiger partial charge in [-0.05, 0) is 6.92 Å². The largest absolute Gasteiger partial charge is 0.469 e. The van der Waals surface area contributed by atoms with Crippen LogP contribution in [-0.2, 0) is 23.8 Å². The fraction of sp³-hybridized carbons (Fsp3) is 0.727. The summed E-state index contributed by atoms with van der Waals surface area (Å²) in [6.07, 6.45) is -0.460. The third kappa shape index (κ3) is 6.72. The minimum absolute atomic E-state index is 0.0521. The van der Waals surface area contributed by atoms with Crippen LogP contribution in [0.5, 0.6) is 0 Å². The van der Waals surface area contributed by atoms with Crippen LogP contribution in [0.2, 0.25) is 0 Å². The van der Waals surface area contributed by atoms with Gasteiger partial charge in [-0.2, -0.15) is 0 Å². The number of carbonyl (C=O) groups is 3. The van der Waals surface area contributed by atoms with Gasteiger partial charge in [0.05, 0.1) is 33.7 Å². The van der Waals surface area contributed by atoms with Gasteiger partial charge in [0.25, 0.3) is 0 Å². The topological polar surface area (TPSA) is 82.1 Å². The minimum Gasteiger partial charge on any atom is -0.469 e. The van der Waals surface area contributed by atoms with E-state index in [2.05, 4.69) is 9.47 Å². The number of hydrogen-bond acceptors (Lipinski definition) is 6. The molecule has 1 amide bonds. The van der Waals surface area contributed by atoms with Crippen molar-refractivity contribution in [1.82, 2.24) is 4.90 Å². The number of amides is 1. The predicted octanol–water partition coefficient (Wildman–Crippen LogP) is 0.571. The first-order valence-electron chi connectivity index (χ1n) is 5.60. The lowest BCUT2D eigenvalue weighted by atomic mass is 10.3. The van der Waals surface area contributed by atoms with Crippen LogP contribution in [0, 0.1) is 0 Å². The molecule has 0 aromatic rings. The van der Waals surface area contributed by atoms with Gasteiger partial charge in [-0.1, -0.05) is 0 Å². The highest BCUT2D eigenvalue weighted by molar-refractivity contribution is 5.73. The van der Waals surface area contributed by atoms with Gasteiger partial charge in [0.1, 0.15) is 0 Å². The van der Waals surface area contributed by atoms with Gasteiger partial charge < -0.3 is 19.1 Å². The fourth-order valence-corrected chi connectivity index (χ4v) is 1.17. The number of esters is 2. The van der Waals surface area contributed by atoms with Crippen LogP contribution >= 0.6 is 0 Å². The molecule has 0 aromatic carbocycles. The highest BCUT2D eigenvalue weighted by Gasteiger charge is 2.17. The molecule has 104 valence electrons. The van der Waals surface area contributed by atoms with Crippen molar-refractivity contribution in [3.8, 4) is 0 Å². The molecule has 0 spiro atoms. The molecular formula is C11H19NO6. The zero-order valence-corrected chi connectivity index (χ0v) is 10.9. The summed E-state index contributed by atoms with van der Waals surface area (Å²) < 4.78 is 13.8. The Balaban J connectivity index is 4.28. The van der Waals surface area contributed by atoms with Crippen molar-refractivity contribution in [3.05, 3.63) is 0 Å². The third-order valence-electron chi connectivity index (χ3n) is 2.15. The van der Waals surface area contributed by atoms with Crippen molar-refractivity contribution in [2.75, 3.05) is 33.9 Å². The van der Waals surface area contributed by atoms with Gasteiger partial charge in [-0.25, -0.2) is 4.79 Å². The van der Waals surface area contributed by atoms with Crippen molar-refractivity contribution in [1.29, 1.82) is 0 Å². The van der Waals surface area contributed by atoms with Crippen molar-refractivity contribution in [2.45, 2.75) is 19.8 Å². The number of hydrogen-bond donors (Lipinski definition) is 0. The molecule has 0 heterocycles. The molecule has 18 heavy (non-hydrogen) atoms. The maximum absolute atomic E-state index is 11.5. The fourth-order valence-electron chi connectivity index (χ4n) is 1.17. The highest BCUT2D eigenvalue weighted by atomic mass is 16.6. The Morgan fingerprint density at radius 1 is 0.944 bits per heavy atom. The highest BCUT2D eigenvalue weighted by Crippen LogP contribution is 2.00. The lowest BCUT2D eigenvalue weighted by Gasteiger charge is -2.20. The Kier molecular flexibility index (Phi) is 8.34. The molecule has 0 rings (SSSR count). The summed E-state index contributed by atoms with van der Waals surface area (Å²) in [4.78, 5) is 34.8. The number of rotatable bonds is 7. The monoisotopic (exact) mass is 261 g/mol. The van der Waals surface area contributed by atoms with E-state index < -0.39 is 18.0 Å². The van der Waals surface area contributed by atoms with E-state index in [1.165, 1.54) is 19.1 Å². The van der Waals surface area contributed by atoms with Gasteiger partial charge in [-0.3, -0.25) is 9.59 Å². The van der Waals surface area contributed by atoms with E-state index in [1.54, 1.807) is 6.92 Å². The molecule has 0 aliphatic carbocycles. The molecule has 0 aliphatic heterocycles. The smallest absolute Gasteiger partial charge is 0.409 e. The summed E-state index contributed by atoms with van der Waals surface area (Å²) in [5, 5.41) is 0. The quantitative estimate of drug-likeness (QED) is 0.492. The van der Waals surface area contributed by atoms with E-state index in [0.29, 0.717) is 0 Å². The number of ether oxygens (including phenoxy) is 3. The molecule has 0 fully saturated rings. The molecule has 0 saturated heterocycles. The molecule has 0 saturated carbocycles. The van der Waals surface area contributed by atoms with Crippen LogP contribution in [0.1, 0.15) is 19.8 Å². The number of carbonyl (C=O) groups excluding carboxylic acids is 3. The summed E-state index contributed by atoms with van der Waals surface area (Å²) in [6, 6.07) is 0. The van der Waals surface area contributed by atoms with Gasteiger partial charge in [0.2, 0.25) is 0 Å². The van der Waals surface area contributed by atoms with Crippen LogP contribution in [0.4, 0.5) is 4.79 Å². The van der Waals surface area contributed by atoms with Crippen LogP contribution < -0.4 is 0 Å². The summed E-state index contributed by atoms with van der Waals surface area (Å²) in [5.41, 5.74) is 0. The van der Waals surface area contributed by atoms with Crippen LogP contribution in [-0.4, -0.2) is 56.8 Å². The molecule has 0 radical (unpaired) electrons. The standard InChI is InChI=1S/C11H19NO6/c1-4-18-11(15)12(7-5-9(13)16-2)8-6-10(14)17-3/h4-8H2,1-3H3.